The van der Waals surface area contributed by atoms with E-state index >= 15 is 0 Å². The third-order valence-electron chi connectivity index (χ3n) is 3.20. The summed E-state index contributed by atoms with van der Waals surface area (Å²) >= 11 is 9.59. The topological polar surface area (TPSA) is 40.7 Å². The molecule has 0 aliphatic carbocycles. The van der Waals surface area contributed by atoms with Crippen molar-refractivity contribution in [3.63, 3.8) is 0 Å². The number of anilines is 1. The number of nitrogens with zero attached hydrogens (tertiary/aromatic N) is 1. The molecule has 0 amide bonds. The molecule has 106 valence electrons. The van der Waals surface area contributed by atoms with Crippen LogP contribution < -0.4 is 5.32 Å². The van der Waals surface area contributed by atoms with Crippen LogP contribution in [-0.2, 0) is 6.54 Å². The minimum atomic E-state index is 0.666. The van der Waals surface area contributed by atoms with Crippen molar-refractivity contribution >= 4 is 33.2 Å². The van der Waals surface area contributed by atoms with Crippen LogP contribution in [0.1, 0.15) is 5.56 Å². The Morgan fingerprint density at radius 2 is 1.90 bits per heavy atom. The predicted molar refractivity (Wildman–Crippen MR) is 90.5 cm³/mol. The normalized spacial score (nSPS) is 10.6. The summed E-state index contributed by atoms with van der Waals surface area (Å²) in [6.45, 7) is 0.666. The van der Waals surface area contributed by atoms with Gasteiger partial charge in [0.1, 0.15) is 0 Å². The Morgan fingerprint density at radius 3 is 2.71 bits per heavy atom. The summed E-state index contributed by atoms with van der Waals surface area (Å²) in [6.07, 6.45) is 1.84. The molecule has 0 saturated heterocycles. The largest absolute Gasteiger partial charge is 0.380 e. The number of hydrogen-bond acceptors (Lipinski definition) is 2. The molecule has 3 aromatic rings. The Bertz CT molecular complexity index is 740. The van der Waals surface area contributed by atoms with E-state index in [-0.39, 0.29) is 0 Å². The van der Waals surface area contributed by atoms with Gasteiger partial charge in [-0.25, -0.2) is 0 Å². The fourth-order valence-corrected chi connectivity index (χ4v) is 2.71. The monoisotopic (exact) mass is 361 g/mol. The molecule has 0 fully saturated rings. The number of nitrogens with one attached hydrogen (secondary N) is 2. The molecule has 0 aliphatic rings. The molecule has 2 N–H and O–H groups in total. The fourth-order valence-electron chi connectivity index (χ4n) is 2.13. The molecular formula is C16H13BrClN3. The average molecular weight is 363 g/mol. The van der Waals surface area contributed by atoms with E-state index in [1.165, 1.54) is 0 Å². The smallest absolute Gasteiger partial charge is 0.0700 e. The molecule has 0 saturated carbocycles. The zero-order valence-electron chi connectivity index (χ0n) is 11.1. The van der Waals surface area contributed by atoms with Gasteiger partial charge >= 0.3 is 0 Å². The Morgan fingerprint density at radius 1 is 1.10 bits per heavy atom. The van der Waals surface area contributed by atoms with Crippen molar-refractivity contribution in [1.82, 2.24) is 10.2 Å². The van der Waals surface area contributed by atoms with E-state index in [0.29, 0.717) is 11.6 Å². The Labute approximate surface area is 136 Å². The van der Waals surface area contributed by atoms with Gasteiger partial charge < -0.3 is 5.32 Å². The van der Waals surface area contributed by atoms with Gasteiger partial charge in [0.15, 0.2) is 0 Å². The molecular weight excluding hydrogens is 350 g/mol. The molecule has 3 nitrogen and oxygen atoms in total. The van der Waals surface area contributed by atoms with Gasteiger partial charge in [0.25, 0.3) is 0 Å². The lowest BCUT2D eigenvalue weighted by atomic mass is 10.1. The lowest BCUT2D eigenvalue weighted by molar-refractivity contribution is 1.10. The first-order chi connectivity index (χ1) is 10.3. The number of hydrogen-bond donors (Lipinski definition) is 2. The van der Waals surface area contributed by atoms with Crippen molar-refractivity contribution < 1.29 is 0 Å². The van der Waals surface area contributed by atoms with Gasteiger partial charge in [0.05, 0.1) is 27.1 Å². The summed E-state index contributed by atoms with van der Waals surface area (Å²) in [6, 6.07) is 15.9. The molecule has 0 atom stereocenters. The van der Waals surface area contributed by atoms with Gasteiger partial charge in [-0.1, -0.05) is 48.0 Å². The molecule has 3 rings (SSSR count). The van der Waals surface area contributed by atoms with Crippen LogP contribution in [0.4, 0.5) is 5.69 Å². The maximum Gasteiger partial charge on any atom is 0.0700 e. The van der Waals surface area contributed by atoms with Gasteiger partial charge in [-0.05, 0) is 33.6 Å². The van der Waals surface area contributed by atoms with Gasteiger partial charge in [-0.2, -0.15) is 5.10 Å². The molecule has 2 aromatic carbocycles. The highest BCUT2D eigenvalue weighted by molar-refractivity contribution is 9.10. The van der Waals surface area contributed by atoms with Gasteiger partial charge in [-0.15, -0.1) is 0 Å². The van der Waals surface area contributed by atoms with Crippen molar-refractivity contribution in [3.8, 4) is 11.3 Å². The van der Waals surface area contributed by atoms with Crippen molar-refractivity contribution in [2.45, 2.75) is 6.54 Å². The zero-order valence-corrected chi connectivity index (χ0v) is 13.4. The van der Waals surface area contributed by atoms with Crippen molar-refractivity contribution in [2.75, 3.05) is 5.32 Å². The maximum atomic E-state index is 6.10. The first-order valence-electron chi connectivity index (χ1n) is 6.51. The van der Waals surface area contributed by atoms with Crippen LogP contribution >= 0.6 is 27.5 Å². The predicted octanol–water partition coefficient (Wildman–Crippen LogP) is 5.10. The van der Waals surface area contributed by atoms with Crippen LogP contribution in [0.15, 0.2) is 59.2 Å². The standard InChI is InChI=1S/C16H13BrClN3/c17-15-13(18)7-4-8-14(15)19-9-12-10-20-21-16(12)11-5-2-1-3-6-11/h1-8,10,19H,9H2,(H,20,21). The number of rotatable bonds is 4. The van der Waals surface area contributed by atoms with E-state index < -0.39 is 0 Å². The van der Waals surface area contributed by atoms with Gasteiger partial charge in [0, 0.05) is 12.1 Å². The van der Waals surface area contributed by atoms with Crippen LogP contribution in [0.2, 0.25) is 5.02 Å². The number of aromatic nitrogens is 2. The first kappa shape index (κ1) is 14.2. The molecule has 1 aromatic heterocycles. The Kier molecular flexibility index (Phi) is 4.27. The van der Waals surface area contributed by atoms with E-state index in [0.717, 1.165) is 27.0 Å². The highest BCUT2D eigenvalue weighted by atomic mass is 79.9. The highest BCUT2D eigenvalue weighted by Gasteiger charge is 2.08. The van der Waals surface area contributed by atoms with Crippen molar-refractivity contribution in [2.24, 2.45) is 0 Å². The Hall–Kier alpha value is -1.78. The second-order valence-electron chi connectivity index (χ2n) is 4.59. The number of benzene rings is 2. The number of aromatic amines is 1. The van der Waals surface area contributed by atoms with Crippen molar-refractivity contribution in [3.05, 3.63) is 69.8 Å². The second-order valence-corrected chi connectivity index (χ2v) is 5.79. The molecule has 5 heteroatoms. The third-order valence-corrected chi connectivity index (χ3v) is 4.60. The van der Waals surface area contributed by atoms with Crippen LogP contribution in [0.25, 0.3) is 11.3 Å². The third kappa shape index (κ3) is 3.12. The lowest BCUT2D eigenvalue weighted by Gasteiger charge is -2.10. The molecule has 1 heterocycles. The van der Waals surface area contributed by atoms with Crippen LogP contribution in [0.3, 0.4) is 0 Å². The minimum absolute atomic E-state index is 0.666. The quantitative estimate of drug-likeness (QED) is 0.677. The molecule has 0 radical (unpaired) electrons. The summed E-state index contributed by atoms with van der Waals surface area (Å²) in [5.41, 5.74) is 4.22. The summed E-state index contributed by atoms with van der Waals surface area (Å²) in [5.74, 6) is 0. The van der Waals surface area contributed by atoms with E-state index in [2.05, 4.69) is 43.6 Å². The second kappa shape index (κ2) is 6.33. The maximum absolute atomic E-state index is 6.10. The van der Waals surface area contributed by atoms with Crippen LogP contribution in [-0.4, -0.2) is 10.2 Å². The SMILES string of the molecule is Clc1cccc(NCc2cn[nH]c2-c2ccccc2)c1Br. The summed E-state index contributed by atoms with van der Waals surface area (Å²) in [7, 11) is 0. The fraction of sp³-hybridized carbons (Fsp3) is 0.0625. The summed E-state index contributed by atoms with van der Waals surface area (Å²) < 4.78 is 0.872. The van der Waals surface area contributed by atoms with Crippen LogP contribution in [0, 0.1) is 0 Å². The summed E-state index contributed by atoms with van der Waals surface area (Å²) in [5, 5.41) is 11.3. The molecule has 0 unspecified atom stereocenters. The van der Waals surface area contributed by atoms with Gasteiger partial charge in [-0.3, -0.25) is 5.10 Å². The molecule has 21 heavy (non-hydrogen) atoms. The lowest BCUT2D eigenvalue weighted by Crippen LogP contribution is -2.00. The number of halogens is 2. The number of H-pyrrole nitrogens is 1. The Balaban J connectivity index is 1.81. The van der Waals surface area contributed by atoms with E-state index in [4.69, 9.17) is 11.6 Å². The van der Waals surface area contributed by atoms with E-state index in [9.17, 15) is 0 Å². The molecule has 0 spiro atoms. The first-order valence-corrected chi connectivity index (χ1v) is 7.68. The average Bonchev–Trinajstić information content (AvgIpc) is 2.98. The highest BCUT2D eigenvalue weighted by Crippen LogP contribution is 2.31. The van der Waals surface area contributed by atoms with Crippen LogP contribution in [0.5, 0.6) is 0 Å². The zero-order chi connectivity index (χ0) is 14.7. The molecule has 0 aliphatic heterocycles. The van der Waals surface area contributed by atoms with E-state index in [1.54, 1.807) is 0 Å². The van der Waals surface area contributed by atoms with Crippen molar-refractivity contribution in [1.29, 1.82) is 0 Å². The van der Waals surface area contributed by atoms with E-state index in [1.807, 2.05) is 42.6 Å². The summed E-state index contributed by atoms with van der Waals surface area (Å²) in [4.78, 5) is 0. The molecule has 0 bridgehead atoms. The van der Waals surface area contributed by atoms with Gasteiger partial charge in [0.2, 0.25) is 0 Å². The minimum Gasteiger partial charge on any atom is -0.380 e.